The second kappa shape index (κ2) is 8.22. The second-order valence-electron chi connectivity index (χ2n) is 7.83. The minimum atomic E-state index is -0.718. The summed E-state index contributed by atoms with van der Waals surface area (Å²) in [6.07, 6.45) is -0.718. The van der Waals surface area contributed by atoms with E-state index in [0.29, 0.717) is 5.88 Å². The summed E-state index contributed by atoms with van der Waals surface area (Å²) in [5.41, 5.74) is 6.69. The van der Waals surface area contributed by atoms with Crippen molar-refractivity contribution in [3.8, 4) is 17.0 Å². The molecule has 2 aromatic carbocycles. The van der Waals surface area contributed by atoms with Gasteiger partial charge in [-0.1, -0.05) is 36.4 Å². The maximum Gasteiger partial charge on any atom is 0.265 e. The first kappa shape index (κ1) is 20.6. The van der Waals surface area contributed by atoms with E-state index in [1.807, 2.05) is 82.4 Å². The number of aromatic nitrogens is 3. The fraction of sp³-hybridized carbons (Fsp3) is 0.240. The van der Waals surface area contributed by atoms with Crippen LogP contribution in [-0.2, 0) is 11.8 Å². The lowest BCUT2D eigenvalue weighted by Crippen LogP contribution is -2.30. The summed E-state index contributed by atoms with van der Waals surface area (Å²) < 4.78 is 7.71. The maximum absolute atomic E-state index is 12.7. The largest absolute Gasteiger partial charge is 0.464 e. The van der Waals surface area contributed by atoms with Crippen LogP contribution < -0.4 is 10.1 Å². The van der Waals surface area contributed by atoms with Crippen molar-refractivity contribution in [1.29, 1.82) is 0 Å². The summed E-state index contributed by atoms with van der Waals surface area (Å²) in [4.78, 5) is 17.4. The van der Waals surface area contributed by atoms with Crippen LogP contribution >= 0.6 is 0 Å². The molecule has 6 nitrogen and oxygen atoms in total. The first-order valence-corrected chi connectivity index (χ1v) is 10.3. The Labute approximate surface area is 181 Å². The van der Waals surface area contributed by atoms with Gasteiger partial charge >= 0.3 is 0 Å². The number of pyridine rings is 1. The molecule has 6 heteroatoms. The van der Waals surface area contributed by atoms with E-state index >= 15 is 0 Å². The van der Waals surface area contributed by atoms with Crippen LogP contribution in [-0.4, -0.2) is 26.8 Å². The third-order valence-corrected chi connectivity index (χ3v) is 5.47. The Bertz CT molecular complexity index is 1260. The third-order valence-electron chi connectivity index (χ3n) is 5.47. The molecule has 4 aromatic rings. The SMILES string of the molecule is Cc1ccc(NC(=O)[C@@H](C)Oc2cc(-c3ccccc3)c3c(C)nn(C)c3n2)cc1C. The minimum absolute atomic E-state index is 0.229. The molecule has 2 heterocycles. The van der Waals surface area contributed by atoms with Gasteiger partial charge in [0.1, 0.15) is 0 Å². The van der Waals surface area contributed by atoms with E-state index < -0.39 is 6.10 Å². The molecule has 0 aliphatic heterocycles. The summed E-state index contributed by atoms with van der Waals surface area (Å²) in [5, 5.41) is 8.42. The zero-order valence-corrected chi connectivity index (χ0v) is 18.4. The van der Waals surface area contributed by atoms with Crippen molar-refractivity contribution in [2.75, 3.05) is 5.32 Å². The number of anilines is 1. The van der Waals surface area contributed by atoms with Crippen molar-refractivity contribution in [3.63, 3.8) is 0 Å². The highest BCUT2D eigenvalue weighted by Crippen LogP contribution is 2.33. The van der Waals surface area contributed by atoms with Gasteiger partial charge in [-0.15, -0.1) is 0 Å². The van der Waals surface area contributed by atoms with E-state index in [0.717, 1.165) is 39.1 Å². The van der Waals surface area contributed by atoms with Crippen molar-refractivity contribution in [2.24, 2.45) is 7.05 Å². The van der Waals surface area contributed by atoms with Gasteiger partial charge in [0.05, 0.1) is 11.1 Å². The highest BCUT2D eigenvalue weighted by molar-refractivity contribution is 5.96. The van der Waals surface area contributed by atoms with Gasteiger partial charge in [-0.05, 0) is 62.1 Å². The number of nitrogens with one attached hydrogen (secondary N) is 1. The zero-order chi connectivity index (χ0) is 22.1. The van der Waals surface area contributed by atoms with Crippen LogP contribution in [0.5, 0.6) is 5.88 Å². The Morgan fingerprint density at radius 1 is 1.03 bits per heavy atom. The molecular weight excluding hydrogens is 388 g/mol. The summed E-state index contributed by atoms with van der Waals surface area (Å²) >= 11 is 0. The summed E-state index contributed by atoms with van der Waals surface area (Å²) in [5.74, 6) is 0.157. The van der Waals surface area contributed by atoms with Crippen LogP contribution in [0.2, 0.25) is 0 Å². The van der Waals surface area contributed by atoms with Crippen molar-refractivity contribution >= 4 is 22.6 Å². The molecule has 158 valence electrons. The van der Waals surface area contributed by atoms with Gasteiger partial charge in [-0.25, -0.2) is 0 Å². The number of ether oxygens (including phenoxy) is 1. The van der Waals surface area contributed by atoms with Gasteiger partial charge in [0, 0.05) is 18.8 Å². The molecule has 0 saturated carbocycles. The van der Waals surface area contributed by atoms with Crippen LogP contribution in [0.1, 0.15) is 23.7 Å². The predicted octanol–water partition coefficient (Wildman–Crippen LogP) is 4.97. The van der Waals surface area contributed by atoms with E-state index in [1.54, 1.807) is 11.6 Å². The number of carbonyl (C=O) groups excluding carboxylic acids is 1. The van der Waals surface area contributed by atoms with Gasteiger partial charge in [0.2, 0.25) is 5.88 Å². The van der Waals surface area contributed by atoms with E-state index in [9.17, 15) is 4.79 Å². The number of rotatable bonds is 5. The van der Waals surface area contributed by atoms with Gasteiger partial charge in [0.25, 0.3) is 5.91 Å². The summed E-state index contributed by atoms with van der Waals surface area (Å²) in [6.45, 7) is 7.75. The third kappa shape index (κ3) is 4.14. The van der Waals surface area contributed by atoms with Crippen LogP contribution in [0, 0.1) is 20.8 Å². The van der Waals surface area contributed by atoms with Crippen LogP contribution in [0.3, 0.4) is 0 Å². The normalized spacial score (nSPS) is 12.0. The second-order valence-corrected chi connectivity index (χ2v) is 7.83. The fourth-order valence-corrected chi connectivity index (χ4v) is 3.63. The molecule has 0 aliphatic carbocycles. The summed E-state index contributed by atoms with van der Waals surface area (Å²) in [6, 6.07) is 17.8. The highest BCUT2D eigenvalue weighted by atomic mass is 16.5. The Morgan fingerprint density at radius 3 is 2.48 bits per heavy atom. The van der Waals surface area contributed by atoms with Crippen molar-refractivity contribution < 1.29 is 9.53 Å². The molecule has 0 aliphatic rings. The lowest BCUT2D eigenvalue weighted by atomic mass is 10.0. The molecule has 0 fully saturated rings. The molecule has 0 bridgehead atoms. The number of fused-ring (bicyclic) bond motifs is 1. The molecule has 4 rings (SSSR count). The number of aryl methyl sites for hydroxylation is 4. The van der Waals surface area contributed by atoms with Crippen LogP contribution in [0.4, 0.5) is 5.69 Å². The molecule has 31 heavy (non-hydrogen) atoms. The Balaban J connectivity index is 1.64. The van der Waals surface area contributed by atoms with E-state index in [-0.39, 0.29) is 5.91 Å². The van der Waals surface area contributed by atoms with Gasteiger partial charge in [0.15, 0.2) is 11.8 Å². The molecule has 0 radical (unpaired) electrons. The van der Waals surface area contributed by atoms with Crippen molar-refractivity contribution in [1.82, 2.24) is 14.8 Å². The molecular formula is C25H26N4O2. The van der Waals surface area contributed by atoms with Gasteiger partial charge in [-0.2, -0.15) is 10.1 Å². The van der Waals surface area contributed by atoms with Crippen LogP contribution in [0.25, 0.3) is 22.2 Å². The van der Waals surface area contributed by atoms with E-state index in [2.05, 4.69) is 15.4 Å². The van der Waals surface area contributed by atoms with Crippen molar-refractivity contribution in [3.05, 3.63) is 71.4 Å². The Hall–Kier alpha value is -3.67. The topological polar surface area (TPSA) is 69.0 Å². The number of amides is 1. The van der Waals surface area contributed by atoms with E-state index in [1.165, 1.54) is 5.56 Å². The fourth-order valence-electron chi connectivity index (χ4n) is 3.63. The number of carbonyl (C=O) groups is 1. The molecule has 1 amide bonds. The number of hydrogen-bond acceptors (Lipinski definition) is 4. The molecule has 2 aromatic heterocycles. The zero-order valence-electron chi connectivity index (χ0n) is 18.4. The summed E-state index contributed by atoms with van der Waals surface area (Å²) in [7, 11) is 1.86. The molecule has 0 unspecified atom stereocenters. The van der Waals surface area contributed by atoms with E-state index in [4.69, 9.17) is 4.74 Å². The quantitative estimate of drug-likeness (QED) is 0.501. The predicted molar refractivity (Wildman–Crippen MR) is 123 cm³/mol. The number of hydrogen-bond donors (Lipinski definition) is 1. The first-order valence-electron chi connectivity index (χ1n) is 10.3. The molecule has 0 spiro atoms. The molecule has 0 saturated heterocycles. The lowest BCUT2D eigenvalue weighted by Gasteiger charge is -2.16. The Morgan fingerprint density at radius 2 is 1.77 bits per heavy atom. The first-order chi connectivity index (χ1) is 14.8. The lowest BCUT2D eigenvalue weighted by molar-refractivity contribution is -0.122. The van der Waals surface area contributed by atoms with Gasteiger partial charge < -0.3 is 10.1 Å². The number of benzene rings is 2. The van der Waals surface area contributed by atoms with Gasteiger partial charge in [-0.3, -0.25) is 9.48 Å². The standard InChI is InChI=1S/C25H26N4O2/c1-15-11-12-20(13-16(15)2)26-25(30)18(4)31-22-14-21(19-9-7-6-8-10-19)23-17(3)28-29(5)24(23)27-22/h6-14,18H,1-5H3,(H,26,30)/t18-/m1/s1. The Kier molecular flexibility index (Phi) is 5.46. The van der Waals surface area contributed by atoms with Crippen molar-refractivity contribution in [2.45, 2.75) is 33.8 Å². The number of nitrogens with zero attached hydrogens (tertiary/aromatic N) is 3. The molecule has 1 atom stereocenters. The monoisotopic (exact) mass is 414 g/mol. The highest BCUT2D eigenvalue weighted by Gasteiger charge is 2.20. The molecule has 1 N–H and O–H groups in total. The minimum Gasteiger partial charge on any atom is -0.464 e. The average Bonchev–Trinajstić information content (AvgIpc) is 3.04. The smallest absolute Gasteiger partial charge is 0.265 e. The van der Waals surface area contributed by atoms with Crippen LogP contribution in [0.15, 0.2) is 54.6 Å². The average molecular weight is 415 g/mol. The maximum atomic E-state index is 12.7.